The number of thioether (sulfide) groups is 2. The van der Waals surface area contributed by atoms with Crippen LogP contribution in [0, 0.1) is 11.8 Å². The van der Waals surface area contributed by atoms with Crippen LogP contribution in [-0.4, -0.2) is 47.2 Å². The summed E-state index contributed by atoms with van der Waals surface area (Å²) in [6, 6.07) is 17.4. The van der Waals surface area contributed by atoms with Crippen molar-refractivity contribution in [1.29, 1.82) is 0 Å². The third-order valence-electron chi connectivity index (χ3n) is 9.88. The molecule has 2 atom stereocenters. The summed E-state index contributed by atoms with van der Waals surface area (Å²) in [6.45, 7) is 10.2. The fraction of sp³-hybridized carbons (Fsp3) is 0.450. The standard InChI is InChI=1S/C40H48N2O2S6/c1-7-11-13-25(9-3)23-41-37(31-17-15-27(47-31)29-19-21-33(45-5)49-29)35-36(39(41)43)38(42(40(35)44)24-26(10-4)14-12-8-2)32-18-16-28(48-32)30-20-22-34(46-6)50-30/h15-22,25-26H,7-14,23-24H2,1-6H3. The second-order valence-corrected chi connectivity index (χ2v) is 19.6. The van der Waals surface area contributed by atoms with Crippen molar-refractivity contribution in [2.45, 2.75) is 87.5 Å². The van der Waals surface area contributed by atoms with Crippen molar-refractivity contribution in [1.82, 2.24) is 9.80 Å². The third-order valence-corrected chi connectivity index (χ3v) is 16.8. The number of carbonyl (C=O) groups excluding carboxylic acids is 2. The smallest absolute Gasteiger partial charge is 0.261 e. The van der Waals surface area contributed by atoms with Crippen molar-refractivity contribution in [2.75, 3.05) is 25.6 Å². The van der Waals surface area contributed by atoms with Gasteiger partial charge in [-0.25, -0.2) is 0 Å². The van der Waals surface area contributed by atoms with E-state index in [-0.39, 0.29) is 11.8 Å². The summed E-state index contributed by atoms with van der Waals surface area (Å²) in [7, 11) is 0. The number of hydrogen-bond donors (Lipinski definition) is 0. The summed E-state index contributed by atoms with van der Waals surface area (Å²) < 4.78 is 2.56. The van der Waals surface area contributed by atoms with E-state index in [2.05, 4.69) is 88.7 Å². The number of rotatable bonds is 18. The molecule has 0 aliphatic carbocycles. The Balaban J connectivity index is 1.51. The Morgan fingerprint density at radius 3 is 1.24 bits per heavy atom. The number of hydrogen-bond acceptors (Lipinski definition) is 8. The minimum absolute atomic E-state index is 0.0103. The molecule has 6 heterocycles. The Hall–Kier alpha value is -2.08. The number of unbranched alkanes of at least 4 members (excludes halogenated alkanes) is 2. The van der Waals surface area contributed by atoms with Gasteiger partial charge in [0.1, 0.15) is 0 Å². The molecule has 2 aliphatic heterocycles. The molecule has 10 heteroatoms. The van der Waals surface area contributed by atoms with Crippen LogP contribution in [0.3, 0.4) is 0 Å². The van der Waals surface area contributed by atoms with E-state index in [1.54, 1.807) is 68.9 Å². The fourth-order valence-corrected chi connectivity index (χ4v) is 12.3. The molecule has 4 aromatic heterocycles. The van der Waals surface area contributed by atoms with Crippen molar-refractivity contribution in [3.05, 3.63) is 69.4 Å². The molecule has 2 amide bonds. The Bertz CT molecular complexity index is 1740. The maximum atomic E-state index is 15.0. The minimum atomic E-state index is -0.0103. The highest BCUT2D eigenvalue weighted by Gasteiger charge is 2.50. The highest BCUT2D eigenvalue weighted by molar-refractivity contribution is 8.00. The van der Waals surface area contributed by atoms with Crippen LogP contribution in [0.25, 0.3) is 30.9 Å². The van der Waals surface area contributed by atoms with Gasteiger partial charge in [-0.05, 0) is 85.7 Å². The molecule has 0 bridgehead atoms. The molecule has 0 radical (unpaired) electrons. The van der Waals surface area contributed by atoms with E-state index in [1.807, 2.05) is 9.80 Å². The van der Waals surface area contributed by atoms with E-state index >= 15 is 0 Å². The maximum Gasteiger partial charge on any atom is 0.261 e. The van der Waals surface area contributed by atoms with E-state index in [4.69, 9.17) is 0 Å². The van der Waals surface area contributed by atoms with Gasteiger partial charge in [0, 0.05) is 32.6 Å². The summed E-state index contributed by atoms with van der Waals surface area (Å²) in [5.74, 6) is 0.731. The highest BCUT2D eigenvalue weighted by atomic mass is 32.2. The van der Waals surface area contributed by atoms with Crippen LogP contribution in [0.4, 0.5) is 0 Å². The molecule has 0 aromatic carbocycles. The molecule has 6 rings (SSSR count). The topological polar surface area (TPSA) is 40.6 Å². The lowest BCUT2D eigenvalue weighted by molar-refractivity contribution is -0.124. The highest BCUT2D eigenvalue weighted by Crippen LogP contribution is 2.51. The molecule has 0 saturated heterocycles. The zero-order valence-electron chi connectivity index (χ0n) is 30.0. The van der Waals surface area contributed by atoms with Gasteiger partial charge in [0.15, 0.2) is 0 Å². The number of carbonyl (C=O) groups is 2. The quantitative estimate of drug-likeness (QED) is 0.0943. The molecular weight excluding hydrogens is 733 g/mol. The fourth-order valence-electron chi connectivity index (χ4n) is 6.93. The first-order valence-electron chi connectivity index (χ1n) is 18.0. The predicted molar refractivity (Wildman–Crippen MR) is 223 cm³/mol. The first-order valence-corrected chi connectivity index (χ1v) is 23.7. The molecule has 4 aromatic rings. The van der Waals surface area contributed by atoms with Gasteiger partial charge in [-0.15, -0.1) is 68.9 Å². The molecule has 50 heavy (non-hydrogen) atoms. The minimum Gasteiger partial charge on any atom is -0.306 e. The Morgan fingerprint density at radius 2 is 0.900 bits per heavy atom. The Labute approximate surface area is 323 Å². The first-order chi connectivity index (χ1) is 24.3. The van der Waals surface area contributed by atoms with Crippen molar-refractivity contribution in [3.63, 3.8) is 0 Å². The van der Waals surface area contributed by atoms with Gasteiger partial charge < -0.3 is 9.80 Å². The second-order valence-electron chi connectivity index (χ2n) is 13.1. The SMILES string of the molecule is CCCCC(CC)CN1C(=O)C2=C(c3ccc(-c4ccc(SC)s4)s3)N(CC(CC)CCCC)C(=O)C2=C1c1ccc(-c2ccc(SC)s2)s1. The van der Waals surface area contributed by atoms with Gasteiger partial charge in [-0.2, -0.15) is 0 Å². The lowest BCUT2D eigenvalue weighted by Gasteiger charge is -2.29. The maximum absolute atomic E-state index is 15.0. The van der Waals surface area contributed by atoms with Crippen LogP contribution < -0.4 is 0 Å². The number of fused-ring (bicyclic) bond motifs is 1. The van der Waals surface area contributed by atoms with E-state index in [1.165, 1.54) is 27.9 Å². The van der Waals surface area contributed by atoms with E-state index < -0.39 is 0 Å². The normalized spacial score (nSPS) is 16.0. The van der Waals surface area contributed by atoms with Crippen molar-refractivity contribution >= 4 is 92.1 Å². The van der Waals surface area contributed by atoms with Gasteiger partial charge in [-0.1, -0.05) is 66.2 Å². The lowest BCUT2D eigenvalue weighted by atomic mass is 9.98. The largest absolute Gasteiger partial charge is 0.306 e. The van der Waals surface area contributed by atoms with Gasteiger partial charge in [0.25, 0.3) is 11.8 Å². The van der Waals surface area contributed by atoms with Crippen LogP contribution in [0.1, 0.15) is 88.8 Å². The second kappa shape index (κ2) is 17.2. The monoisotopic (exact) mass is 780 g/mol. The summed E-state index contributed by atoms with van der Waals surface area (Å²) in [4.78, 5) is 40.8. The summed E-state index contributed by atoms with van der Waals surface area (Å²) in [6.07, 6.45) is 12.9. The number of amides is 2. The summed E-state index contributed by atoms with van der Waals surface area (Å²) in [5.41, 5.74) is 2.87. The van der Waals surface area contributed by atoms with E-state index in [9.17, 15) is 9.59 Å². The average molecular weight is 781 g/mol. The lowest BCUT2D eigenvalue weighted by Crippen LogP contribution is -2.34. The van der Waals surface area contributed by atoms with Crippen molar-refractivity contribution < 1.29 is 9.59 Å². The predicted octanol–water partition coefficient (Wildman–Crippen LogP) is 12.9. The van der Waals surface area contributed by atoms with Crippen molar-refractivity contribution in [2.24, 2.45) is 11.8 Å². The van der Waals surface area contributed by atoms with Crippen LogP contribution in [0.5, 0.6) is 0 Å². The van der Waals surface area contributed by atoms with Crippen LogP contribution in [-0.2, 0) is 9.59 Å². The molecular formula is C40H48N2O2S6. The Kier molecular flexibility index (Phi) is 12.9. The zero-order valence-corrected chi connectivity index (χ0v) is 34.9. The number of nitrogens with zero attached hydrogens (tertiary/aromatic N) is 2. The third kappa shape index (κ3) is 7.67. The van der Waals surface area contributed by atoms with Crippen LogP contribution >= 0.6 is 68.9 Å². The van der Waals surface area contributed by atoms with E-state index in [0.29, 0.717) is 36.1 Å². The summed E-state index contributed by atoms with van der Waals surface area (Å²) in [5, 5.41) is 0. The van der Waals surface area contributed by atoms with Gasteiger partial charge in [0.05, 0.1) is 40.7 Å². The van der Waals surface area contributed by atoms with Gasteiger partial charge >= 0.3 is 0 Å². The first kappa shape index (κ1) is 37.7. The summed E-state index contributed by atoms with van der Waals surface area (Å²) >= 11 is 10.5. The van der Waals surface area contributed by atoms with E-state index in [0.717, 1.165) is 72.5 Å². The van der Waals surface area contributed by atoms with Gasteiger partial charge in [-0.3, -0.25) is 9.59 Å². The molecule has 266 valence electrons. The molecule has 0 fully saturated rings. The van der Waals surface area contributed by atoms with Crippen LogP contribution in [0.15, 0.2) is 68.1 Å². The molecule has 0 N–H and O–H groups in total. The number of thiophene rings is 4. The average Bonchev–Trinajstić information content (AvgIpc) is 3.98. The molecule has 2 aliphatic rings. The van der Waals surface area contributed by atoms with Crippen molar-refractivity contribution in [3.8, 4) is 19.5 Å². The molecule has 2 unspecified atom stereocenters. The molecule has 0 saturated carbocycles. The Morgan fingerprint density at radius 1 is 0.540 bits per heavy atom. The van der Waals surface area contributed by atoms with Gasteiger partial charge in [0.2, 0.25) is 0 Å². The molecule has 4 nitrogen and oxygen atoms in total. The molecule has 0 spiro atoms. The zero-order chi connectivity index (χ0) is 35.4. The van der Waals surface area contributed by atoms with Crippen LogP contribution in [0.2, 0.25) is 0 Å².